The van der Waals surface area contributed by atoms with Gasteiger partial charge in [-0.2, -0.15) is 0 Å². The molecule has 0 unspecified atom stereocenters. The molecule has 2 aliphatic rings. The molecule has 33 heavy (non-hydrogen) atoms. The van der Waals surface area contributed by atoms with Gasteiger partial charge in [-0.05, 0) is 54.7 Å². The molecular formula is C24H25ClN4O3S. The van der Waals surface area contributed by atoms with Gasteiger partial charge in [-0.25, -0.2) is 18.1 Å². The number of aromatic nitrogens is 2. The summed E-state index contributed by atoms with van der Waals surface area (Å²) in [5.41, 5.74) is 4.69. The Bertz CT molecular complexity index is 1270. The molecule has 5 rings (SSSR count). The van der Waals surface area contributed by atoms with Crippen LogP contribution in [0.1, 0.15) is 36.0 Å². The Morgan fingerprint density at radius 3 is 2.67 bits per heavy atom. The zero-order valence-electron chi connectivity index (χ0n) is 18.1. The van der Waals surface area contributed by atoms with E-state index in [2.05, 4.69) is 32.9 Å². The van der Waals surface area contributed by atoms with Crippen LogP contribution < -0.4 is 9.46 Å². The van der Waals surface area contributed by atoms with E-state index in [0.29, 0.717) is 5.75 Å². The highest BCUT2D eigenvalue weighted by molar-refractivity contribution is 7.89. The Kier molecular flexibility index (Phi) is 5.99. The molecule has 3 aromatic rings. The number of hydrogen-bond acceptors (Lipinski definition) is 5. The molecule has 0 amide bonds. The van der Waals surface area contributed by atoms with Crippen molar-refractivity contribution in [3.8, 4) is 5.75 Å². The van der Waals surface area contributed by atoms with Crippen LogP contribution >= 0.6 is 11.6 Å². The number of nitrogens with zero attached hydrogens (tertiary/aromatic N) is 2. The molecule has 1 fully saturated rings. The fourth-order valence-corrected chi connectivity index (χ4v) is 5.68. The average Bonchev–Trinajstić information content (AvgIpc) is 3.34. The summed E-state index contributed by atoms with van der Waals surface area (Å²) in [5.74, 6) is 0.702. The molecule has 1 aromatic heterocycles. The summed E-state index contributed by atoms with van der Waals surface area (Å²) in [4.78, 5) is 11.4. The van der Waals surface area contributed by atoms with E-state index < -0.39 is 10.0 Å². The minimum atomic E-state index is -3.64. The summed E-state index contributed by atoms with van der Waals surface area (Å²) in [6, 6.07) is 14.2. The van der Waals surface area contributed by atoms with Crippen LogP contribution in [0.25, 0.3) is 0 Å². The first-order valence-corrected chi connectivity index (χ1v) is 12.9. The third kappa shape index (κ3) is 4.30. The van der Waals surface area contributed by atoms with Gasteiger partial charge in [0.15, 0.2) is 5.03 Å². The van der Waals surface area contributed by atoms with Crippen molar-refractivity contribution in [1.29, 1.82) is 0 Å². The van der Waals surface area contributed by atoms with Crippen LogP contribution in [0.15, 0.2) is 65.0 Å². The van der Waals surface area contributed by atoms with Crippen molar-refractivity contribution < 1.29 is 13.2 Å². The van der Waals surface area contributed by atoms with Gasteiger partial charge >= 0.3 is 0 Å². The molecular weight excluding hydrogens is 460 g/mol. The van der Waals surface area contributed by atoms with Gasteiger partial charge in [0.1, 0.15) is 12.4 Å². The summed E-state index contributed by atoms with van der Waals surface area (Å²) < 4.78 is 32.7. The average molecular weight is 485 g/mol. The Morgan fingerprint density at radius 1 is 1.15 bits per heavy atom. The molecule has 2 heterocycles. The van der Waals surface area contributed by atoms with E-state index in [4.69, 9.17) is 21.3 Å². The van der Waals surface area contributed by atoms with E-state index in [1.54, 1.807) is 0 Å². The summed E-state index contributed by atoms with van der Waals surface area (Å²) >= 11 is 6.13. The monoisotopic (exact) mass is 484 g/mol. The Morgan fingerprint density at radius 2 is 1.97 bits per heavy atom. The van der Waals surface area contributed by atoms with Gasteiger partial charge in [0, 0.05) is 35.3 Å². The van der Waals surface area contributed by atoms with E-state index >= 15 is 0 Å². The van der Waals surface area contributed by atoms with E-state index in [-0.39, 0.29) is 23.6 Å². The number of imidazole rings is 1. The molecule has 0 bridgehead atoms. The van der Waals surface area contributed by atoms with Crippen molar-refractivity contribution in [2.75, 3.05) is 19.7 Å². The van der Waals surface area contributed by atoms with E-state index in [1.807, 2.05) is 24.3 Å². The topological polar surface area (TPSA) is 96.4 Å². The SMILES string of the molecule is O=S(=O)(NCCOc1ccc2c(c1)C(C1(c3ccc(Cl)cc3)CCC1)=NCC2)c1c[nH]cn1. The molecule has 1 saturated carbocycles. The molecule has 2 aromatic carbocycles. The summed E-state index contributed by atoms with van der Waals surface area (Å²) in [6.07, 6.45) is 6.86. The second kappa shape index (κ2) is 8.93. The third-order valence-corrected chi connectivity index (χ3v) is 8.07. The second-order valence-electron chi connectivity index (χ2n) is 8.40. The molecule has 0 saturated heterocycles. The lowest BCUT2D eigenvalue weighted by Crippen LogP contribution is -2.44. The maximum absolute atomic E-state index is 12.2. The normalized spacial score (nSPS) is 17.1. The zero-order chi connectivity index (χ0) is 22.9. The standard InChI is InChI=1S/C24H25ClN4O3S/c25-19-5-3-18(4-6-19)24(9-1-10-24)23-21-14-20(7-2-17(21)8-11-27-23)32-13-12-29-33(30,31)22-15-26-16-28-22/h2-7,14-16,29H,1,8-13H2,(H,26,28). The first-order chi connectivity index (χ1) is 16.0. The van der Waals surface area contributed by atoms with Crippen LogP contribution in [0.3, 0.4) is 0 Å². The Balaban J connectivity index is 1.32. The highest BCUT2D eigenvalue weighted by Gasteiger charge is 2.45. The third-order valence-electron chi connectivity index (χ3n) is 6.46. The zero-order valence-corrected chi connectivity index (χ0v) is 19.6. The molecule has 7 nitrogen and oxygen atoms in total. The first kappa shape index (κ1) is 22.1. The number of benzene rings is 2. The second-order valence-corrected chi connectivity index (χ2v) is 10.5. The van der Waals surface area contributed by atoms with Crippen LogP contribution in [-0.2, 0) is 21.9 Å². The largest absolute Gasteiger partial charge is 0.492 e. The van der Waals surface area contributed by atoms with Crippen molar-refractivity contribution in [2.24, 2.45) is 4.99 Å². The quantitative estimate of drug-likeness (QED) is 0.474. The van der Waals surface area contributed by atoms with Crippen LogP contribution in [0.5, 0.6) is 5.75 Å². The molecule has 1 aliphatic carbocycles. The summed E-state index contributed by atoms with van der Waals surface area (Å²) in [6.45, 7) is 1.13. The molecule has 1 aliphatic heterocycles. The molecule has 2 N–H and O–H groups in total. The summed E-state index contributed by atoms with van der Waals surface area (Å²) in [7, 11) is -3.64. The van der Waals surface area contributed by atoms with Crippen molar-refractivity contribution in [3.05, 3.63) is 76.7 Å². The van der Waals surface area contributed by atoms with Crippen LogP contribution in [0, 0.1) is 0 Å². The molecule has 9 heteroatoms. The van der Waals surface area contributed by atoms with Gasteiger partial charge in [-0.15, -0.1) is 0 Å². The van der Waals surface area contributed by atoms with E-state index in [0.717, 1.165) is 42.1 Å². The minimum absolute atomic E-state index is 0.0369. The van der Waals surface area contributed by atoms with Gasteiger partial charge in [0.25, 0.3) is 10.0 Å². The molecule has 0 radical (unpaired) electrons. The number of fused-ring (bicyclic) bond motifs is 1. The van der Waals surface area contributed by atoms with Crippen molar-refractivity contribution >= 4 is 27.3 Å². The van der Waals surface area contributed by atoms with Gasteiger partial charge < -0.3 is 9.72 Å². The number of sulfonamides is 1. The molecule has 0 atom stereocenters. The predicted molar refractivity (Wildman–Crippen MR) is 128 cm³/mol. The highest BCUT2D eigenvalue weighted by Crippen LogP contribution is 2.48. The molecule has 172 valence electrons. The van der Waals surface area contributed by atoms with Crippen LogP contribution in [0.4, 0.5) is 0 Å². The first-order valence-electron chi connectivity index (χ1n) is 11.0. The lowest BCUT2D eigenvalue weighted by Gasteiger charge is -2.45. The van der Waals surface area contributed by atoms with Gasteiger partial charge in [0.05, 0.1) is 12.0 Å². The Hall–Kier alpha value is -2.68. The lowest BCUT2D eigenvalue weighted by molar-refractivity contribution is 0.322. The fraction of sp³-hybridized carbons (Fsp3) is 0.333. The number of rotatable bonds is 8. The number of aliphatic imine (C=N–C) groups is 1. The van der Waals surface area contributed by atoms with Crippen LogP contribution in [-0.4, -0.2) is 43.8 Å². The summed E-state index contributed by atoms with van der Waals surface area (Å²) in [5, 5.41) is 0.697. The predicted octanol–water partition coefficient (Wildman–Crippen LogP) is 3.89. The lowest BCUT2D eigenvalue weighted by atomic mass is 9.59. The van der Waals surface area contributed by atoms with Crippen molar-refractivity contribution in [2.45, 2.75) is 36.1 Å². The van der Waals surface area contributed by atoms with Crippen molar-refractivity contribution in [3.63, 3.8) is 0 Å². The number of H-pyrrole nitrogens is 1. The number of nitrogens with one attached hydrogen (secondary N) is 2. The van der Waals surface area contributed by atoms with E-state index in [1.165, 1.54) is 30.1 Å². The Labute approximate surface area is 198 Å². The van der Waals surface area contributed by atoms with Gasteiger partial charge in [0.2, 0.25) is 0 Å². The molecule has 0 spiro atoms. The number of halogens is 1. The minimum Gasteiger partial charge on any atom is -0.492 e. The number of hydrogen-bond donors (Lipinski definition) is 2. The van der Waals surface area contributed by atoms with Gasteiger partial charge in [-0.1, -0.05) is 36.2 Å². The van der Waals surface area contributed by atoms with Crippen LogP contribution in [0.2, 0.25) is 5.02 Å². The number of ether oxygens (including phenoxy) is 1. The number of aromatic amines is 1. The smallest absolute Gasteiger partial charge is 0.259 e. The van der Waals surface area contributed by atoms with Gasteiger partial charge in [-0.3, -0.25) is 4.99 Å². The highest BCUT2D eigenvalue weighted by atomic mass is 35.5. The van der Waals surface area contributed by atoms with E-state index in [9.17, 15) is 8.42 Å². The maximum Gasteiger partial charge on any atom is 0.259 e. The van der Waals surface area contributed by atoms with Crippen molar-refractivity contribution in [1.82, 2.24) is 14.7 Å². The maximum atomic E-state index is 12.2. The fourth-order valence-electron chi connectivity index (χ4n) is 4.64.